The monoisotopic (exact) mass is 222 g/mol. The number of ether oxygens (including phenoxy) is 1. The van der Waals surface area contributed by atoms with Gasteiger partial charge in [-0.15, -0.1) is 0 Å². The van der Waals surface area contributed by atoms with E-state index in [2.05, 4.69) is 0 Å². The Labute approximate surface area is 93.2 Å². The highest BCUT2D eigenvalue weighted by molar-refractivity contribution is 5.99. The Bertz CT molecular complexity index is 472. The summed E-state index contributed by atoms with van der Waals surface area (Å²) in [6.45, 7) is 3.70. The Morgan fingerprint density at radius 2 is 2.19 bits per heavy atom. The molecule has 2 rings (SSSR count). The average Bonchev–Trinajstić information content (AvgIpc) is 2.15. The highest BCUT2D eigenvalue weighted by Gasteiger charge is 2.29. The van der Waals surface area contributed by atoms with Crippen molar-refractivity contribution in [2.45, 2.75) is 39.2 Å². The highest BCUT2D eigenvalue weighted by Crippen LogP contribution is 2.27. The molecule has 0 saturated heterocycles. The van der Waals surface area contributed by atoms with Crippen molar-refractivity contribution >= 4 is 5.78 Å². The Morgan fingerprint density at radius 1 is 1.44 bits per heavy atom. The fraction of sp³-hybridized carbons (Fsp3) is 0.500. The van der Waals surface area contributed by atoms with Crippen LogP contribution in [-0.2, 0) is 0 Å². The smallest absolute Gasteiger partial charge is 0.350 e. The van der Waals surface area contributed by atoms with Gasteiger partial charge in [0.15, 0.2) is 5.78 Å². The molecule has 1 unspecified atom stereocenters. The van der Waals surface area contributed by atoms with E-state index in [1.807, 2.05) is 6.92 Å². The van der Waals surface area contributed by atoms with Crippen molar-refractivity contribution in [3.05, 3.63) is 27.8 Å². The maximum absolute atomic E-state index is 11.8. The number of ketones is 1. The molecule has 4 nitrogen and oxygen atoms in total. The fourth-order valence-electron chi connectivity index (χ4n) is 1.94. The van der Waals surface area contributed by atoms with Crippen LogP contribution in [0.25, 0.3) is 0 Å². The second-order valence-electron chi connectivity index (χ2n) is 4.04. The second kappa shape index (κ2) is 4.12. The van der Waals surface area contributed by atoms with Crippen LogP contribution in [0.2, 0.25) is 0 Å². The van der Waals surface area contributed by atoms with Gasteiger partial charge in [-0.2, -0.15) is 0 Å². The van der Waals surface area contributed by atoms with Gasteiger partial charge in [0.2, 0.25) is 0 Å². The maximum Gasteiger partial charge on any atom is 0.350 e. The minimum absolute atomic E-state index is 0.0675. The van der Waals surface area contributed by atoms with Crippen LogP contribution in [0, 0.1) is 6.92 Å². The molecular formula is C12H14O4. The molecule has 86 valence electrons. The molecule has 0 amide bonds. The molecule has 0 aliphatic carbocycles. The van der Waals surface area contributed by atoms with Crippen molar-refractivity contribution in [1.82, 2.24) is 0 Å². The van der Waals surface area contributed by atoms with Crippen LogP contribution in [0.4, 0.5) is 0 Å². The summed E-state index contributed by atoms with van der Waals surface area (Å²) in [5, 5.41) is 0. The summed E-state index contributed by atoms with van der Waals surface area (Å²) in [6.07, 6.45) is 1.94. The molecule has 0 bridgehead atoms. The van der Waals surface area contributed by atoms with Gasteiger partial charge in [0.1, 0.15) is 23.2 Å². The van der Waals surface area contributed by atoms with Gasteiger partial charge in [0, 0.05) is 12.5 Å². The van der Waals surface area contributed by atoms with Gasteiger partial charge in [-0.25, -0.2) is 4.79 Å². The van der Waals surface area contributed by atoms with Crippen LogP contribution < -0.4 is 10.4 Å². The van der Waals surface area contributed by atoms with E-state index in [1.54, 1.807) is 13.0 Å². The van der Waals surface area contributed by atoms with Crippen molar-refractivity contribution in [2.24, 2.45) is 0 Å². The first-order valence-electron chi connectivity index (χ1n) is 5.46. The number of hydrogen-bond acceptors (Lipinski definition) is 4. The SMILES string of the molecule is CCCC1CC(=O)c2c(cc(C)oc2=O)O1. The second-order valence-corrected chi connectivity index (χ2v) is 4.04. The summed E-state index contributed by atoms with van der Waals surface area (Å²) in [5.74, 6) is 0.672. The largest absolute Gasteiger partial charge is 0.489 e. The molecule has 0 radical (unpaired) electrons. The molecule has 0 spiro atoms. The van der Waals surface area contributed by atoms with Crippen molar-refractivity contribution < 1.29 is 13.9 Å². The third kappa shape index (κ3) is 1.87. The average molecular weight is 222 g/mol. The minimum Gasteiger partial charge on any atom is -0.489 e. The number of Topliss-reactive ketones (excluding diaryl/α,β-unsaturated/α-hetero) is 1. The van der Waals surface area contributed by atoms with Crippen LogP contribution in [0.3, 0.4) is 0 Å². The standard InChI is InChI=1S/C12H14O4/c1-3-4-8-6-9(13)11-10(16-8)5-7(2)15-12(11)14/h5,8H,3-4,6H2,1-2H3. The van der Waals surface area contributed by atoms with Gasteiger partial charge in [-0.05, 0) is 13.3 Å². The molecule has 0 N–H and O–H groups in total. The zero-order valence-corrected chi connectivity index (χ0v) is 9.41. The first-order chi connectivity index (χ1) is 7.61. The van der Waals surface area contributed by atoms with Crippen LogP contribution >= 0.6 is 0 Å². The molecule has 16 heavy (non-hydrogen) atoms. The Kier molecular flexibility index (Phi) is 2.81. The maximum atomic E-state index is 11.8. The van der Waals surface area contributed by atoms with E-state index in [1.165, 1.54) is 0 Å². The lowest BCUT2D eigenvalue weighted by Gasteiger charge is -2.23. The van der Waals surface area contributed by atoms with Gasteiger partial charge in [-0.3, -0.25) is 4.79 Å². The van der Waals surface area contributed by atoms with Crippen molar-refractivity contribution in [3.63, 3.8) is 0 Å². The summed E-state index contributed by atoms with van der Waals surface area (Å²) in [6, 6.07) is 1.61. The van der Waals surface area contributed by atoms with E-state index < -0.39 is 5.63 Å². The predicted molar refractivity (Wildman–Crippen MR) is 58.0 cm³/mol. The van der Waals surface area contributed by atoms with Gasteiger partial charge in [0.05, 0.1) is 0 Å². The summed E-state index contributed by atoms with van der Waals surface area (Å²) in [5.41, 5.74) is -0.520. The minimum atomic E-state index is -0.588. The van der Waals surface area contributed by atoms with E-state index in [-0.39, 0.29) is 23.9 Å². The van der Waals surface area contributed by atoms with Crippen LogP contribution in [0.5, 0.6) is 5.75 Å². The normalized spacial score (nSPS) is 19.1. The summed E-state index contributed by atoms with van der Waals surface area (Å²) in [7, 11) is 0. The molecule has 0 fully saturated rings. The quantitative estimate of drug-likeness (QED) is 0.768. The fourth-order valence-corrected chi connectivity index (χ4v) is 1.94. The lowest BCUT2D eigenvalue weighted by molar-refractivity contribution is 0.0828. The molecule has 1 aliphatic heterocycles. The molecule has 2 heterocycles. The predicted octanol–water partition coefficient (Wildman–Crippen LogP) is 2.08. The zero-order valence-electron chi connectivity index (χ0n) is 9.41. The molecule has 1 aliphatic rings. The number of carbonyl (C=O) groups excluding carboxylic acids is 1. The highest BCUT2D eigenvalue weighted by atomic mass is 16.5. The zero-order chi connectivity index (χ0) is 11.7. The van der Waals surface area contributed by atoms with E-state index in [4.69, 9.17) is 9.15 Å². The van der Waals surface area contributed by atoms with Crippen molar-refractivity contribution in [1.29, 1.82) is 0 Å². The van der Waals surface area contributed by atoms with E-state index in [9.17, 15) is 9.59 Å². The van der Waals surface area contributed by atoms with E-state index >= 15 is 0 Å². The van der Waals surface area contributed by atoms with E-state index in [0.717, 1.165) is 12.8 Å². The number of rotatable bonds is 2. The van der Waals surface area contributed by atoms with Crippen LogP contribution in [0.15, 0.2) is 15.3 Å². The molecular weight excluding hydrogens is 208 g/mol. The third-order valence-corrected chi connectivity index (χ3v) is 2.63. The van der Waals surface area contributed by atoms with E-state index in [0.29, 0.717) is 11.5 Å². The number of fused-ring (bicyclic) bond motifs is 1. The molecule has 1 atom stereocenters. The molecule has 0 saturated carbocycles. The Morgan fingerprint density at radius 3 is 2.88 bits per heavy atom. The molecule has 0 aromatic carbocycles. The molecule has 1 aromatic rings. The Hall–Kier alpha value is -1.58. The van der Waals surface area contributed by atoms with Gasteiger partial charge in [0.25, 0.3) is 0 Å². The third-order valence-electron chi connectivity index (χ3n) is 2.63. The molecule has 1 aromatic heterocycles. The van der Waals surface area contributed by atoms with Gasteiger partial charge < -0.3 is 9.15 Å². The number of aryl methyl sites for hydroxylation is 1. The first kappa shape index (κ1) is 10.9. The summed E-state index contributed by atoms with van der Waals surface area (Å²) in [4.78, 5) is 23.3. The lowest BCUT2D eigenvalue weighted by Crippen LogP contribution is -2.30. The van der Waals surface area contributed by atoms with Gasteiger partial charge in [-0.1, -0.05) is 13.3 Å². The Balaban J connectivity index is 2.42. The molecule has 4 heteroatoms. The van der Waals surface area contributed by atoms with Gasteiger partial charge >= 0.3 is 5.63 Å². The van der Waals surface area contributed by atoms with Crippen molar-refractivity contribution in [2.75, 3.05) is 0 Å². The first-order valence-corrected chi connectivity index (χ1v) is 5.46. The number of hydrogen-bond donors (Lipinski definition) is 0. The lowest BCUT2D eigenvalue weighted by atomic mass is 10.00. The summed E-state index contributed by atoms with van der Waals surface area (Å²) < 4.78 is 10.5. The van der Waals surface area contributed by atoms with Crippen LogP contribution in [0.1, 0.15) is 42.3 Å². The summed E-state index contributed by atoms with van der Waals surface area (Å²) >= 11 is 0. The van der Waals surface area contributed by atoms with Crippen LogP contribution in [-0.4, -0.2) is 11.9 Å². The van der Waals surface area contributed by atoms with Crippen molar-refractivity contribution in [3.8, 4) is 5.75 Å². The topological polar surface area (TPSA) is 56.5 Å². The number of carbonyl (C=O) groups is 1.